The first kappa shape index (κ1) is 17.8. The van der Waals surface area contributed by atoms with Crippen molar-refractivity contribution in [1.29, 1.82) is 0 Å². The second-order valence-electron chi connectivity index (χ2n) is 5.42. The van der Waals surface area contributed by atoms with E-state index in [9.17, 15) is 14.3 Å². The fourth-order valence-corrected chi connectivity index (χ4v) is 2.49. The van der Waals surface area contributed by atoms with Crippen molar-refractivity contribution >= 4 is 23.6 Å². The summed E-state index contributed by atoms with van der Waals surface area (Å²) in [5.41, 5.74) is 1.44. The Morgan fingerprint density at radius 3 is 2.77 bits per heavy atom. The molecule has 0 radical (unpaired) electrons. The standard InChI is InChI=1S/C18H15ClFN3O3/c19-15-8-14(20)7-6-13(15)9-21-17-22-16(24)10-23(17)18(25)26-11-12-4-2-1-3-5-12/h1-8,10,24H,9,11H2,(H,21,22). The van der Waals surface area contributed by atoms with Crippen molar-refractivity contribution in [3.8, 4) is 5.88 Å². The van der Waals surface area contributed by atoms with Gasteiger partial charge in [0.05, 0.1) is 6.20 Å². The molecule has 0 aliphatic heterocycles. The molecule has 0 fully saturated rings. The summed E-state index contributed by atoms with van der Waals surface area (Å²) in [7, 11) is 0. The van der Waals surface area contributed by atoms with Crippen LogP contribution in [0, 0.1) is 5.82 Å². The minimum absolute atomic E-state index is 0.0842. The van der Waals surface area contributed by atoms with Gasteiger partial charge in [0.25, 0.3) is 0 Å². The molecule has 0 unspecified atom stereocenters. The van der Waals surface area contributed by atoms with E-state index in [1.807, 2.05) is 30.3 Å². The SMILES string of the molecule is O=C(OCc1ccccc1)n1cc(O)nc1NCc1ccc(F)cc1Cl. The number of carbonyl (C=O) groups is 1. The number of hydrogen-bond donors (Lipinski definition) is 2. The molecule has 1 aromatic heterocycles. The highest BCUT2D eigenvalue weighted by Gasteiger charge is 2.15. The van der Waals surface area contributed by atoms with Crippen LogP contribution in [0.3, 0.4) is 0 Å². The van der Waals surface area contributed by atoms with Gasteiger partial charge in [0, 0.05) is 11.6 Å². The Morgan fingerprint density at radius 1 is 1.27 bits per heavy atom. The molecule has 3 aromatic rings. The van der Waals surface area contributed by atoms with Crippen LogP contribution in [0.2, 0.25) is 5.02 Å². The Kier molecular flexibility index (Phi) is 5.38. The molecule has 0 atom stereocenters. The van der Waals surface area contributed by atoms with E-state index in [-0.39, 0.29) is 30.0 Å². The minimum Gasteiger partial charge on any atom is -0.492 e. The zero-order valence-electron chi connectivity index (χ0n) is 13.5. The molecule has 0 spiro atoms. The number of aromatic hydroxyl groups is 1. The second kappa shape index (κ2) is 7.88. The summed E-state index contributed by atoms with van der Waals surface area (Å²) in [6.45, 7) is 0.267. The maximum absolute atomic E-state index is 13.1. The molecule has 6 nitrogen and oxygen atoms in total. The van der Waals surface area contributed by atoms with Crippen molar-refractivity contribution < 1.29 is 19.0 Å². The van der Waals surface area contributed by atoms with Crippen molar-refractivity contribution in [2.24, 2.45) is 0 Å². The third-order valence-electron chi connectivity index (χ3n) is 3.55. The van der Waals surface area contributed by atoms with E-state index in [1.54, 1.807) is 0 Å². The normalized spacial score (nSPS) is 10.5. The number of aromatic nitrogens is 2. The van der Waals surface area contributed by atoms with E-state index in [1.165, 1.54) is 18.2 Å². The van der Waals surface area contributed by atoms with Crippen molar-refractivity contribution in [1.82, 2.24) is 9.55 Å². The smallest absolute Gasteiger partial charge is 0.421 e. The average molecular weight is 376 g/mol. The lowest BCUT2D eigenvalue weighted by atomic mass is 10.2. The van der Waals surface area contributed by atoms with Crippen LogP contribution in [0.25, 0.3) is 0 Å². The van der Waals surface area contributed by atoms with E-state index < -0.39 is 11.9 Å². The first-order chi connectivity index (χ1) is 12.5. The number of carbonyl (C=O) groups excluding carboxylic acids is 1. The highest BCUT2D eigenvalue weighted by atomic mass is 35.5. The summed E-state index contributed by atoms with van der Waals surface area (Å²) < 4.78 is 19.4. The Labute approximate surface area is 153 Å². The largest absolute Gasteiger partial charge is 0.492 e. The predicted octanol–water partition coefficient (Wildman–Crippen LogP) is 4.18. The van der Waals surface area contributed by atoms with Gasteiger partial charge in [0.2, 0.25) is 11.8 Å². The first-order valence-electron chi connectivity index (χ1n) is 7.70. The van der Waals surface area contributed by atoms with Gasteiger partial charge in [-0.2, -0.15) is 4.98 Å². The van der Waals surface area contributed by atoms with Crippen LogP contribution in [0.4, 0.5) is 15.1 Å². The monoisotopic (exact) mass is 375 g/mol. The van der Waals surface area contributed by atoms with Crippen LogP contribution < -0.4 is 5.32 Å². The van der Waals surface area contributed by atoms with Gasteiger partial charge < -0.3 is 15.2 Å². The molecule has 26 heavy (non-hydrogen) atoms. The van der Waals surface area contributed by atoms with E-state index in [0.717, 1.165) is 16.3 Å². The Bertz CT molecular complexity index is 915. The number of imidazole rings is 1. The average Bonchev–Trinajstić information content (AvgIpc) is 3.00. The van der Waals surface area contributed by atoms with Crippen LogP contribution in [0.1, 0.15) is 11.1 Å². The molecule has 2 aromatic carbocycles. The van der Waals surface area contributed by atoms with Gasteiger partial charge in [-0.15, -0.1) is 0 Å². The molecule has 2 N–H and O–H groups in total. The summed E-state index contributed by atoms with van der Waals surface area (Å²) in [4.78, 5) is 16.1. The fourth-order valence-electron chi connectivity index (χ4n) is 2.26. The van der Waals surface area contributed by atoms with Gasteiger partial charge in [-0.25, -0.2) is 13.8 Å². The maximum Gasteiger partial charge on any atom is 0.421 e. The number of halogens is 2. The number of hydrogen-bond acceptors (Lipinski definition) is 5. The van der Waals surface area contributed by atoms with E-state index in [2.05, 4.69) is 10.3 Å². The molecule has 0 saturated carbocycles. The van der Waals surface area contributed by atoms with E-state index in [0.29, 0.717) is 5.56 Å². The molecule has 1 heterocycles. The zero-order valence-corrected chi connectivity index (χ0v) is 14.3. The van der Waals surface area contributed by atoms with Gasteiger partial charge in [-0.1, -0.05) is 48.0 Å². The third-order valence-corrected chi connectivity index (χ3v) is 3.90. The topological polar surface area (TPSA) is 76.4 Å². The lowest BCUT2D eigenvalue weighted by Gasteiger charge is -2.10. The fraction of sp³-hybridized carbons (Fsp3) is 0.111. The number of ether oxygens (including phenoxy) is 1. The summed E-state index contributed by atoms with van der Waals surface area (Å²) in [5, 5.41) is 12.7. The van der Waals surface area contributed by atoms with E-state index in [4.69, 9.17) is 16.3 Å². The van der Waals surface area contributed by atoms with Gasteiger partial charge >= 0.3 is 6.09 Å². The highest BCUT2D eigenvalue weighted by Crippen LogP contribution is 2.20. The lowest BCUT2D eigenvalue weighted by molar-refractivity contribution is 0.141. The van der Waals surface area contributed by atoms with Crippen LogP contribution >= 0.6 is 11.6 Å². The zero-order chi connectivity index (χ0) is 18.5. The van der Waals surface area contributed by atoms with Gasteiger partial charge in [-0.3, -0.25) is 0 Å². The molecule has 0 saturated heterocycles. The first-order valence-corrected chi connectivity index (χ1v) is 8.08. The van der Waals surface area contributed by atoms with Crippen molar-refractivity contribution in [3.63, 3.8) is 0 Å². The third kappa shape index (κ3) is 4.31. The van der Waals surface area contributed by atoms with Crippen LogP contribution in [0.15, 0.2) is 54.7 Å². The predicted molar refractivity (Wildman–Crippen MR) is 94.7 cm³/mol. The molecule has 0 bridgehead atoms. The number of nitrogens with zero attached hydrogens (tertiary/aromatic N) is 2. The molecule has 8 heteroatoms. The number of benzene rings is 2. The Hall–Kier alpha value is -3.06. The second-order valence-corrected chi connectivity index (χ2v) is 5.83. The molecule has 0 amide bonds. The molecular weight excluding hydrogens is 361 g/mol. The van der Waals surface area contributed by atoms with Crippen LogP contribution in [-0.2, 0) is 17.9 Å². The summed E-state index contributed by atoms with van der Waals surface area (Å²) in [6, 6.07) is 13.2. The number of anilines is 1. The Morgan fingerprint density at radius 2 is 2.04 bits per heavy atom. The van der Waals surface area contributed by atoms with E-state index >= 15 is 0 Å². The van der Waals surface area contributed by atoms with Gasteiger partial charge in [0.15, 0.2) is 0 Å². The quantitative estimate of drug-likeness (QED) is 0.699. The van der Waals surface area contributed by atoms with Crippen molar-refractivity contribution in [3.05, 3.63) is 76.7 Å². The molecular formula is C18H15ClFN3O3. The maximum atomic E-state index is 13.1. The van der Waals surface area contributed by atoms with Crippen LogP contribution in [0.5, 0.6) is 5.88 Å². The Balaban J connectivity index is 1.68. The van der Waals surface area contributed by atoms with Gasteiger partial charge in [0.1, 0.15) is 12.4 Å². The van der Waals surface area contributed by atoms with Gasteiger partial charge in [-0.05, 0) is 23.3 Å². The minimum atomic E-state index is -0.700. The molecule has 0 aliphatic carbocycles. The summed E-state index contributed by atoms with van der Waals surface area (Å²) in [6.07, 6.45) is 0.441. The summed E-state index contributed by atoms with van der Waals surface area (Å²) in [5.74, 6) is -0.697. The number of nitrogens with one attached hydrogen (secondary N) is 1. The molecule has 3 rings (SSSR count). The molecule has 134 valence electrons. The van der Waals surface area contributed by atoms with Crippen molar-refractivity contribution in [2.75, 3.05) is 5.32 Å². The highest BCUT2D eigenvalue weighted by molar-refractivity contribution is 6.31. The molecule has 0 aliphatic rings. The summed E-state index contributed by atoms with van der Waals surface area (Å²) >= 11 is 5.97. The lowest BCUT2D eigenvalue weighted by Crippen LogP contribution is -2.16. The number of rotatable bonds is 5. The van der Waals surface area contributed by atoms with Crippen LogP contribution in [-0.4, -0.2) is 20.8 Å². The van der Waals surface area contributed by atoms with Crippen molar-refractivity contribution in [2.45, 2.75) is 13.2 Å².